The van der Waals surface area contributed by atoms with E-state index in [0.29, 0.717) is 12.2 Å². The summed E-state index contributed by atoms with van der Waals surface area (Å²) in [6, 6.07) is 16.6. The summed E-state index contributed by atoms with van der Waals surface area (Å²) in [5.41, 5.74) is 3.32. The number of nitrogens with zero attached hydrogens (tertiary/aromatic N) is 3. The van der Waals surface area contributed by atoms with Crippen LogP contribution in [0.3, 0.4) is 0 Å². The smallest absolute Gasteiger partial charge is 0.332 e. The van der Waals surface area contributed by atoms with E-state index in [4.69, 9.17) is 0 Å². The standard InChI is InChI=1S/C22H25N3O3/c1-16-21(27)24(22(28)25(16)19-9-3-2-4-10-19)15-20(26)14-23-12-11-17-7-5-6-8-18(17)13-23/h2-10,16,20,26H,11-15H2,1H3/t16-,20-/m1/s1. The number of imide groups is 1. The number of benzene rings is 2. The van der Waals surface area contributed by atoms with Crippen LogP contribution in [0.2, 0.25) is 0 Å². The molecule has 0 bridgehead atoms. The van der Waals surface area contributed by atoms with E-state index in [1.807, 2.05) is 42.5 Å². The summed E-state index contributed by atoms with van der Waals surface area (Å²) in [7, 11) is 0. The molecule has 0 spiro atoms. The number of urea groups is 1. The fourth-order valence-electron chi connectivity index (χ4n) is 4.09. The van der Waals surface area contributed by atoms with Gasteiger partial charge in [0, 0.05) is 25.3 Å². The molecule has 6 heteroatoms. The van der Waals surface area contributed by atoms with Gasteiger partial charge in [0.15, 0.2) is 0 Å². The van der Waals surface area contributed by atoms with Gasteiger partial charge in [0.2, 0.25) is 0 Å². The van der Waals surface area contributed by atoms with Crippen LogP contribution in [0.15, 0.2) is 54.6 Å². The Bertz CT molecular complexity index is 870. The molecule has 0 aromatic heterocycles. The van der Waals surface area contributed by atoms with Crippen molar-refractivity contribution in [1.82, 2.24) is 9.80 Å². The molecule has 2 heterocycles. The highest BCUT2D eigenvalue weighted by Crippen LogP contribution is 2.26. The van der Waals surface area contributed by atoms with Crippen molar-refractivity contribution < 1.29 is 14.7 Å². The molecule has 3 amide bonds. The molecule has 1 fully saturated rings. The molecular formula is C22H25N3O3. The van der Waals surface area contributed by atoms with E-state index < -0.39 is 12.1 Å². The Morgan fingerprint density at radius 3 is 2.43 bits per heavy atom. The molecule has 0 aliphatic carbocycles. The summed E-state index contributed by atoms with van der Waals surface area (Å²) in [6.45, 7) is 3.82. The van der Waals surface area contributed by atoms with Gasteiger partial charge in [0.1, 0.15) is 6.04 Å². The van der Waals surface area contributed by atoms with Gasteiger partial charge >= 0.3 is 6.03 Å². The molecule has 146 valence electrons. The minimum atomic E-state index is -0.777. The third kappa shape index (κ3) is 3.53. The largest absolute Gasteiger partial charge is 0.390 e. The molecular weight excluding hydrogens is 354 g/mol. The number of aliphatic hydroxyl groups is 1. The first-order chi connectivity index (χ1) is 13.5. The Morgan fingerprint density at radius 2 is 1.68 bits per heavy atom. The Kier molecular flexibility index (Phi) is 5.15. The quantitative estimate of drug-likeness (QED) is 0.810. The normalized spacial score (nSPS) is 21.1. The lowest BCUT2D eigenvalue weighted by Crippen LogP contribution is -2.44. The molecule has 2 atom stereocenters. The number of hydrogen-bond donors (Lipinski definition) is 1. The van der Waals surface area contributed by atoms with Crippen molar-refractivity contribution in [3.8, 4) is 0 Å². The van der Waals surface area contributed by atoms with E-state index >= 15 is 0 Å². The van der Waals surface area contributed by atoms with E-state index in [1.165, 1.54) is 20.9 Å². The number of amides is 3. The Labute approximate surface area is 165 Å². The van der Waals surface area contributed by atoms with Crippen LogP contribution in [-0.2, 0) is 17.8 Å². The van der Waals surface area contributed by atoms with Gasteiger partial charge in [-0.1, -0.05) is 42.5 Å². The van der Waals surface area contributed by atoms with Crippen LogP contribution in [0.5, 0.6) is 0 Å². The van der Waals surface area contributed by atoms with Crippen molar-refractivity contribution in [1.29, 1.82) is 0 Å². The first kappa shape index (κ1) is 18.7. The predicted molar refractivity (Wildman–Crippen MR) is 107 cm³/mol. The third-order valence-corrected chi connectivity index (χ3v) is 5.55. The molecule has 0 unspecified atom stereocenters. The average molecular weight is 379 g/mol. The van der Waals surface area contributed by atoms with Crippen molar-refractivity contribution in [2.45, 2.75) is 32.0 Å². The van der Waals surface area contributed by atoms with Crippen LogP contribution in [0.4, 0.5) is 10.5 Å². The van der Waals surface area contributed by atoms with E-state index in [9.17, 15) is 14.7 Å². The minimum absolute atomic E-state index is 0.0173. The SMILES string of the molecule is C[C@@H]1C(=O)N(C[C@H](O)CN2CCc3ccccc3C2)C(=O)N1c1ccccc1. The van der Waals surface area contributed by atoms with Crippen LogP contribution < -0.4 is 4.90 Å². The van der Waals surface area contributed by atoms with Gasteiger partial charge in [0.25, 0.3) is 5.91 Å². The summed E-state index contributed by atoms with van der Waals surface area (Å²) >= 11 is 0. The number of aliphatic hydroxyl groups excluding tert-OH is 1. The molecule has 6 nitrogen and oxygen atoms in total. The van der Waals surface area contributed by atoms with Crippen LogP contribution in [0.25, 0.3) is 0 Å². The highest BCUT2D eigenvalue weighted by atomic mass is 16.3. The second kappa shape index (κ2) is 7.73. The molecule has 0 radical (unpaired) electrons. The zero-order valence-corrected chi connectivity index (χ0v) is 16.0. The maximum absolute atomic E-state index is 12.8. The lowest BCUT2D eigenvalue weighted by Gasteiger charge is -2.31. The minimum Gasteiger partial charge on any atom is -0.390 e. The summed E-state index contributed by atoms with van der Waals surface area (Å²) in [4.78, 5) is 30.3. The van der Waals surface area contributed by atoms with Crippen molar-refractivity contribution in [3.05, 3.63) is 65.7 Å². The van der Waals surface area contributed by atoms with Gasteiger partial charge < -0.3 is 5.11 Å². The molecule has 28 heavy (non-hydrogen) atoms. The van der Waals surface area contributed by atoms with E-state index in [0.717, 1.165) is 19.5 Å². The lowest BCUT2D eigenvalue weighted by molar-refractivity contribution is -0.128. The number of carbonyl (C=O) groups excluding carboxylic acids is 2. The fraction of sp³-hybridized carbons (Fsp3) is 0.364. The second-order valence-corrected chi connectivity index (χ2v) is 7.52. The highest BCUT2D eigenvalue weighted by Gasteiger charge is 2.43. The molecule has 0 saturated carbocycles. The van der Waals surface area contributed by atoms with Gasteiger partial charge in [-0.25, -0.2) is 4.79 Å². The number of carbonyl (C=O) groups is 2. The summed E-state index contributed by atoms with van der Waals surface area (Å²) in [5.74, 6) is -0.267. The molecule has 2 aromatic carbocycles. The molecule has 2 aromatic rings. The van der Waals surface area contributed by atoms with Crippen LogP contribution in [-0.4, -0.2) is 58.6 Å². The summed E-state index contributed by atoms with van der Waals surface area (Å²) < 4.78 is 0. The average Bonchev–Trinajstić information content (AvgIpc) is 2.92. The van der Waals surface area contributed by atoms with Crippen LogP contribution in [0.1, 0.15) is 18.1 Å². The fourth-order valence-corrected chi connectivity index (χ4v) is 4.09. The lowest BCUT2D eigenvalue weighted by atomic mass is 10.00. The predicted octanol–water partition coefficient (Wildman–Crippen LogP) is 2.26. The number of rotatable bonds is 5. The number of anilines is 1. The topological polar surface area (TPSA) is 64.1 Å². The second-order valence-electron chi connectivity index (χ2n) is 7.52. The molecule has 2 aliphatic heterocycles. The van der Waals surface area contributed by atoms with Gasteiger partial charge in [-0.05, 0) is 36.6 Å². The van der Waals surface area contributed by atoms with Gasteiger partial charge in [-0.2, -0.15) is 0 Å². The first-order valence-electron chi connectivity index (χ1n) is 9.71. The summed E-state index contributed by atoms with van der Waals surface area (Å²) in [6.07, 6.45) is 0.171. The molecule has 1 saturated heterocycles. The maximum Gasteiger partial charge on any atom is 0.332 e. The zero-order valence-electron chi connectivity index (χ0n) is 16.0. The van der Waals surface area contributed by atoms with Gasteiger partial charge in [0.05, 0.1) is 12.6 Å². The van der Waals surface area contributed by atoms with Crippen molar-refractivity contribution in [2.24, 2.45) is 0 Å². The van der Waals surface area contributed by atoms with E-state index in [1.54, 1.807) is 6.92 Å². The van der Waals surface area contributed by atoms with Crippen LogP contribution >= 0.6 is 0 Å². The van der Waals surface area contributed by atoms with Gasteiger partial charge in [-0.3, -0.25) is 19.5 Å². The van der Waals surface area contributed by atoms with Crippen molar-refractivity contribution in [3.63, 3.8) is 0 Å². The van der Waals surface area contributed by atoms with E-state index in [-0.39, 0.29) is 18.5 Å². The third-order valence-electron chi connectivity index (χ3n) is 5.55. The highest BCUT2D eigenvalue weighted by molar-refractivity contribution is 6.14. The number of para-hydroxylation sites is 1. The van der Waals surface area contributed by atoms with Crippen molar-refractivity contribution in [2.75, 3.05) is 24.5 Å². The Balaban J connectivity index is 1.40. The maximum atomic E-state index is 12.8. The molecule has 1 N–H and O–H groups in total. The zero-order chi connectivity index (χ0) is 19.7. The van der Waals surface area contributed by atoms with E-state index in [2.05, 4.69) is 17.0 Å². The van der Waals surface area contributed by atoms with Gasteiger partial charge in [-0.15, -0.1) is 0 Å². The molecule has 2 aliphatic rings. The first-order valence-corrected chi connectivity index (χ1v) is 9.71. The Morgan fingerprint density at radius 1 is 1.00 bits per heavy atom. The number of hydrogen-bond acceptors (Lipinski definition) is 4. The van der Waals surface area contributed by atoms with Crippen LogP contribution in [0, 0.1) is 0 Å². The summed E-state index contributed by atoms with van der Waals surface area (Å²) in [5, 5.41) is 10.6. The Hall–Kier alpha value is -2.70. The van der Waals surface area contributed by atoms with Crippen molar-refractivity contribution >= 4 is 17.6 Å². The monoisotopic (exact) mass is 379 g/mol. The number of β-amino-alcohol motifs (C(OH)–C–C–N with tert-alkyl or cyclic N) is 1. The number of fused-ring (bicyclic) bond motifs is 1. The molecule has 4 rings (SSSR count).